The first-order valence-corrected chi connectivity index (χ1v) is 7.41. The average molecular weight is 337 g/mol. The molecule has 1 aromatic heterocycles. The van der Waals surface area contributed by atoms with Gasteiger partial charge >= 0.3 is 0 Å². The molecule has 0 unspecified atom stereocenters. The highest BCUT2D eigenvalue weighted by atomic mass is 35.5. The fourth-order valence-electron chi connectivity index (χ4n) is 2.78. The number of methoxy groups -OCH3 is 1. The van der Waals surface area contributed by atoms with Crippen LogP contribution < -0.4 is 10.6 Å². The van der Waals surface area contributed by atoms with Crippen molar-refractivity contribution in [1.82, 2.24) is 15.5 Å². The van der Waals surface area contributed by atoms with Crippen LogP contribution in [0.15, 0.2) is 36.5 Å². The molecule has 1 saturated heterocycles. The number of benzene rings is 1. The molecular formula is C16H21ClN4O2. The molecule has 1 aliphatic rings. The number of hydrogen-bond donors (Lipinski definition) is 3. The summed E-state index contributed by atoms with van der Waals surface area (Å²) in [5.74, 6) is -0.0849. The molecule has 124 valence electrons. The number of carbonyl (C=O) groups is 1. The third-order valence-electron chi connectivity index (χ3n) is 4.15. The number of aromatic nitrogens is 2. The fraction of sp³-hybridized carbons (Fsp3) is 0.375. The smallest absolute Gasteiger partial charge is 0.256 e. The minimum absolute atomic E-state index is 0. The van der Waals surface area contributed by atoms with E-state index in [1.54, 1.807) is 13.3 Å². The van der Waals surface area contributed by atoms with Crippen molar-refractivity contribution in [2.75, 3.05) is 25.5 Å². The summed E-state index contributed by atoms with van der Waals surface area (Å²) in [5, 5.41) is 13.1. The van der Waals surface area contributed by atoms with Gasteiger partial charge in [0.2, 0.25) is 0 Å². The van der Waals surface area contributed by atoms with Gasteiger partial charge in [-0.1, -0.05) is 12.1 Å². The molecule has 0 saturated carbocycles. The van der Waals surface area contributed by atoms with Gasteiger partial charge in [0.05, 0.1) is 5.69 Å². The van der Waals surface area contributed by atoms with Crippen LogP contribution in [0.4, 0.5) is 5.69 Å². The molecule has 3 N–H and O–H groups in total. The van der Waals surface area contributed by atoms with E-state index in [4.69, 9.17) is 4.74 Å². The van der Waals surface area contributed by atoms with Crippen LogP contribution in [-0.2, 0) is 9.53 Å². The van der Waals surface area contributed by atoms with Crippen LogP contribution in [0.3, 0.4) is 0 Å². The predicted molar refractivity (Wildman–Crippen MR) is 91.7 cm³/mol. The number of carbonyl (C=O) groups excluding carboxylic acids is 1. The molecule has 0 spiro atoms. The van der Waals surface area contributed by atoms with Crippen molar-refractivity contribution in [3.8, 4) is 11.3 Å². The number of amides is 1. The second kappa shape index (κ2) is 7.59. The van der Waals surface area contributed by atoms with Crippen LogP contribution in [0, 0.1) is 0 Å². The molecule has 1 amide bonds. The Balaban J connectivity index is 0.00000192. The zero-order valence-corrected chi connectivity index (χ0v) is 13.8. The van der Waals surface area contributed by atoms with Crippen molar-refractivity contribution in [2.24, 2.45) is 0 Å². The van der Waals surface area contributed by atoms with Gasteiger partial charge in [0.15, 0.2) is 0 Å². The zero-order valence-electron chi connectivity index (χ0n) is 13.0. The third-order valence-corrected chi connectivity index (χ3v) is 4.15. The normalized spacial score (nSPS) is 16.4. The molecule has 2 aromatic rings. The van der Waals surface area contributed by atoms with Gasteiger partial charge < -0.3 is 15.4 Å². The van der Waals surface area contributed by atoms with Crippen molar-refractivity contribution in [3.63, 3.8) is 0 Å². The van der Waals surface area contributed by atoms with E-state index in [2.05, 4.69) is 20.8 Å². The summed E-state index contributed by atoms with van der Waals surface area (Å²) in [5.41, 5.74) is 1.91. The van der Waals surface area contributed by atoms with Crippen molar-refractivity contribution in [2.45, 2.75) is 18.4 Å². The lowest BCUT2D eigenvalue weighted by Crippen LogP contribution is -2.51. The summed E-state index contributed by atoms with van der Waals surface area (Å²) in [6.45, 7) is 1.57. The van der Waals surface area contributed by atoms with Gasteiger partial charge in [-0.05, 0) is 44.1 Å². The summed E-state index contributed by atoms with van der Waals surface area (Å²) < 4.78 is 5.55. The second-order valence-electron chi connectivity index (χ2n) is 5.45. The fourth-order valence-corrected chi connectivity index (χ4v) is 2.78. The lowest BCUT2D eigenvalue weighted by atomic mass is 9.91. The van der Waals surface area contributed by atoms with Crippen molar-refractivity contribution in [1.29, 1.82) is 0 Å². The molecule has 1 aliphatic heterocycles. The maximum absolute atomic E-state index is 12.6. The highest BCUT2D eigenvalue weighted by Crippen LogP contribution is 2.26. The van der Waals surface area contributed by atoms with E-state index in [9.17, 15) is 4.79 Å². The topological polar surface area (TPSA) is 79.0 Å². The van der Waals surface area contributed by atoms with Crippen molar-refractivity contribution < 1.29 is 9.53 Å². The Hall–Kier alpha value is -1.89. The first-order valence-electron chi connectivity index (χ1n) is 7.41. The number of piperidine rings is 1. The summed E-state index contributed by atoms with van der Waals surface area (Å²) in [6, 6.07) is 9.58. The zero-order chi connectivity index (χ0) is 15.4. The molecule has 23 heavy (non-hydrogen) atoms. The predicted octanol–water partition coefficient (Wildman–Crippen LogP) is 2.21. The SMILES string of the molecule is COC1(C(=O)Nc2cccc(-c3ccn[nH]3)c2)CCNCC1.Cl. The lowest BCUT2D eigenvalue weighted by molar-refractivity contribution is -0.140. The highest BCUT2D eigenvalue weighted by molar-refractivity contribution is 5.97. The molecule has 0 radical (unpaired) electrons. The summed E-state index contributed by atoms with van der Waals surface area (Å²) in [4.78, 5) is 12.6. The number of hydrogen-bond acceptors (Lipinski definition) is 4. The Bertz CT molecular complexity index is 639. The minimum atomic E-state index is -0.741. The van der Waals surface area contributed by atoms with Crippen LogP contribution in [0.25, 0.3) is 11.3 Å². The maximum Gasteiger partial charge on any atom is 0.256 e. The molecule has 7 heteroatoms. The first kappa shape index (κ1) is 17.5. The van der Waals surface area contributed by atoms with Crippen LogP contribution >= 0.6 is 12.4 Å². The van der Waals surface area contributed by atoms with E-state index in [0.717, 1.165) is 30.0 Å². The van der Waals surface area contributed by atoms with Gasteiger partial charge in [-0.2, -0.15) is 5.10 Å². The van der Waals surface area contributed by atoms with Gasteiger partial charge in [-0.15, -0.1) is 12.4 Å². The van der Waals surface area contributed by atoms with Gasteiger partial charge in [0, 0.05) is 24.6 Å². The molecule has 1 aromatic carbocycles. The van der Waals surface area contributed by atoms with Crippen molar-refractivity contribution in [3.05, 3.63) is 36.5 Å². The van der Waals surface area contributed by atoms with E-state index >= 15 is 0 Å². The van der Waals surface area contributed by atoms with Gasteiger partial charge in [-0.25, -0.2) is 0 Å². The monoisotopic (exact) mass is 336 g/mol. The van der Waals surface area contributed by atoms with Crippen LogP contribution in [0.5, 0.6) is 0 Å². The molecule has 0 bridgehead atoms. The second-order valence-corrected chi connectivity index (χ2v) is 5.45. The van der Waals surface area contributed by atoms with E-state index < -0.39 is 5.60 Å². The van der Waals surface area contributed by atoms with E-state index in [1.807, 2.05) is 30.3 Å². The molecule has 3 rings (SSSR count). The largest absolute Gasteiger partial charge is 0.368 e. The molecule has 0 atom stereocenters. The van der Waals surface area contributed by atoms with E-state index in [1.165, 1.54) is 0 Å². The summed E-state index contributed by atoms with van der Waals surface area (Å²) in [6.07, 6.45) is 3.06. The van der Waals surface area contributed by atoms with Gasteiger partial charge in [-0.3, -0.25) is 9.89 Å². The van der Waals surface area contributed by atoms with Crippen LogP contribution in [-0.4, -0.2) is 41.9 Å². The number of rotatable bonds is 4. The quantitative estimate of drug-likeness (QED) is 0.799. The summed E-state index contributed by atoms with van der Waals surface area (Å²) >= 11 is 0. The lowest BCUT2D eigenvalue weighted by Gasteiger charge is -2.34. The van der Waals surface area contributed by atoms with Crippen LogP contribution in [0.2, 0.25) is 0 Å². The van der Waals surface area contributed by atoms with Gasteiger partial charge in [0.1, 0.15) is 5.60 Å². The number of anilines is 1. The Morgan fingerprint density at radius 3 is 2.74 bits per heavy atom. The Labute approximate surface area is 141 Å². The number of H-pyrrole nitrogens is 1. The van der Waals surface area contributed by atoms with Crippen molar-refractivity contribution >= 4 is 24.0 Å². The molecule has 0 aliphatic carbocycles. The highest BCUT2D eigenvalue weighted by Gasteiger charge is 2.39. The van der Waals surface area contributed by atoms with Crippen LogP contribution in [0.1, 0.15) is 12.8 Å². The number of aromatic amines is 1. The number of halogens is 1. The maximum atomic E-state index is 12.6. The molecule has 2 heterocycles. The Morgan fingerprint density at radius 1 is 1.30 bits per heavy atom. The number of nitrogens with one attached hydrogen (secondary N) is 3. The average Bonchev–Trinajstić information content (AvgIpc) is 3.10. The third kappa shape index (κ3) is 3.72. The van der Waals surface area contributed by atoms with E-state index in [-0.39, 0.29) is 18.3 Å². The molecular weight excluding hydrogens is 316 g/mol. The minimum Gasteiger partial charge on any atom is -0.368 e. The number of nitrogens with zero attached hydrogens (tertiary/aromatic N) is 1. The van der Waals surface area contributed by atoms with Gasteiger partial charge in [0.25, 0.3) is 5.91 Å². The molecule has 1 fully saturated rings. The Morgan fingerprint density at radius 2 is 2.09 bits per heavy atom. The summed E-state index contributed by atoms with van der Waals surface area (Å²) in [7, 11) is 1.60. The van der Waals surface area contributed by atoms with E-state index in [0.29, 0.717) is 12.8 Å². The number of ether oxygens (including phenoxy) is 1. The molecule has 6 nitrogen and oxygen atoms in total. The standard InChI is InChI=1S/C16H20N4O2.ClH/c1-22-16(6-9-17-10-7-16)15(21)19-13-4-2-3-12(11-13)14-5-8-18-20-14;/h2-5,8,11,17H,6-7,9-10H2,1H3,(H,18,20)(H,19,21);1H. The first-order chi connectivity index (χ1) is 10.7. The Kier molecular flexibility index (Phi) is 5.76.